The van der Waals surface area contributed by atoms with Gasteiger partial charge in [0.25, 0.3) is 0 Å². The molecule has 1 aromatic rings. The molecule has 0 saturated heterocycles. The maximum Gasteiger partial charge on any atom is 0.460 e. The average Bonchev–Trinajstić information content (AvgIpc) is 2.48. The zero-order chi connectivity index (χ0) is 19.5. The number of alkyl halides is 8. The first-order chi connectivity index (χ1) is 11.3. The van der Waals surface area contributed by atoms with Gasteiger partial charge in [0.15, 0.2) is 11.5 Å². The Balaban J connectivity index is 3.06. The zero-order valence-corrected chi connectivity index (χ0v) is 12.6. The van der Waals surface area contributed by atoms with Crippen LogP contribution in [-0.4, -0.2) is 35.8 Å². The van der Waals surface area contributed by atoms with E-state index in [0.29, 0.717) is 0 Å². The lowest BCUT2D eigenvalue weighted by atomic mass is 10.1. The van der Waals surface area contributed by atoms with E-state index in [-0.39, 0.29) is 12.3 Å². The number of hydrogen-bond acceptors (Lipinski definition) is 4. The van der Waals surface area contributed by atoms with Crippen LogP contribution in [0.1, 0.15) is 6.42 Å². The van der Waals surface area contributed by atoms with Crippen LogP contribution in [0.2, 0.25) is 0 Å². The Hall–Kier alpha value is -2.04. The Morgan fingerprint density at radius 3 is 1.84 bits per heavy atom. The van der Waals surface area contributed by atoms with Gasteiger partial charge in [0.2, 0.25) is 0 Å². The van der Waals surface area contributed by atoms with Gasteiger partial charge in [0.05, 0.1) is 6.42 Å². The molecule has 0 saturated carbocycles. The molecule has 1 aromatic carbocycles. The molecule has 0 unspecified atom stereocenters. The number of carbonyl (C=O) groups excluding carboxylic acids is 2. The van der Waals surface area contributed by atoms with Crippen molar-refractivity contribution in [2.24, 2.45) is 0 Å². The fraction of sp³-hybridized carbons (Fsp3) is 0.385. The third-order valence-electron chi connectivity index (χ3n) is 2.58. The molecule has 0 amide bonds. The molecule has 0 atom stereocenters. The van der Waals surface area contributed by atoms with E-state index in [1.54, 1.807) is 0 Å². The monoisotopic (exact) mass is 396 g/mol. The summed E-state index contributed by atoms with van der Waals surface area (Å²) in [6.45, 7) is 0. The van der Waals surface area contributed by atoms with Crippen molar-refractivity contribution in [2.75, 3.05) is 5.88 Å². The van der Waals surface area contributed by atoms with E-state index in [0.717, 1.165) is 18.2 Å². The van der Waals surface area contributed by atoms with E-state index < -0.39 is 41.5 Å². The van der Waals surface area contributed by atoms with Gasteiger partial charge in [-0.05, 0) is 12.1 Å². The van der Waals surface area contributed by atoms with Crippen molar-refractivity contribution in [3.63, 3.8) is 0 Å². The highest BCUT2D eigenvalue weighted by molar-refractivity contribution is 6.18. The smallest absolute Gasteiger partial charge is 0.422 e. The molecule has 0 aliphatic rings. The fourth-order valence-corrected chi connectivity index (χ4v) is 1.49. The summed E-state index contributed by atoms with van der Waals surface area (Å²) >= 11 is 5.26. The summed E-state index contributed by atoms with van der Waals surface area (Å²) in [7, 11) is 0. The van der Waals surface area contributed by atoms with Gasteiger partial charge in [0.1, 0.15) is 0 Å². The largest absolute Gasteiger partial charge is 0.460 e. The van der Waals surface area contributed by atoms with Crippen LogP contribution in [0.4, 0.5) is 30.7 Å². The van der Waals surface area contributed by atoms with Crippen LogP contribution in [0.5, 0.6) is 11.5 Å². The number of para-hydroxylation sites is 2. The van der Waals surface area contributed by atoms with Crippen LogP contribution in [-0.2, 0) is 9.59 Å². The van der Waals surface area contributed by atoms with Crippen molar-refractivity contribution < 1.29 is 49.8 Å². The van der Waals surface area contributed by atoms with Gasteiger partial charge in [-0.2, -0.15) is 30.7 Å². The molecule has 0 fully saturated rings. The molecule has 12 heteroatoms. The standard InChI is InChI=1S/C13H8ClF7O4/c14-6-5-9(22)24-7-3-1-2-4-8(7)25-10(23)11(15,16)12(17,18)13(19,20)21/h1-4H,5-6H2. The Labute approximate surface area is 140 Å². The van der Waals surface area contributed by atoms with E-state index in [2.05, 4.69) is 9.47 Å². The minimum atomic E-state index is -6.69. The molecular formula is C13H8ClF7O4. The molecule has 0 heterocycles. The Kier molecular flexibility index (Phi) is 6.27. The number of benzene rings is 1. The molecule has 1 rings (SSSR count). The number of ether oxygens (including phenoxy) is 2. The van der Waals surface area contributed by atoms with Gasteiger partial charge in [0, 0.05) is 5.88 Å². The highest BCUT2D eigenvalue weighted by Gasteiger charge is 2.77. The van der Waals surface area contributed by atoms with Gasteiger partial charge in [-0.15, -0.1) is 11.6 Å². The summed E-state index contributed by atoms with van der Waals surface area (Å²) in [6, 6.07) is 3.96. The first-order valence-corrected chi connectivity index (χ1v) is 6.78. The molecule has 0 aromatic heterocycles. The second-order valence-corrected chi connectivity index (χ2v) is 4.77. The molecule has 4 nitrogen and oxygen atoms in total. The van der Waals surface area contributed by atoms with Crippen LogP contribution in [0, 0.1) is 0 Å². The zero-order valence-electron chi connectivity index (χ0n) is 11.9. The van der Waals surface area contributed by atoms with E-state index in [1.165, 1.54) is 6.07 Å². The molecular weight excluding hydrogens is 389 g/mol. The lowest BCUT2D eigenvalue weighted by Crippen LogP contribution is -2.57. The lowest BCUT2D eigenvalue weighted by molar-refractivity contribution is -0.346. The Bertz CT molecular complexity index is 646. The summed E-state index contributed by atoms with van der Waals surface area (Å²) in [4.78, 5) is 22.5. The topological polar surface area (TPSA) is 52.6 Å². The summed E-state index contributed by atoms with van der Waals surface area (Å²) < 4.78 is 96.7. The van der Waals surface area contributed by atoms with Crippen molar-refractivity contribution in [3.8, 4) is 11.5 Å². The highest BCUT2D eigenvalue weighted by atomic mass is 35.5. The molecule has 0 radical (unpaired) electrons. The van der Waals surface area contributed by atoms with Crippen molar-refractivity contribution >= 4 is 23.5 Å². The summed E-state index contributed by atoms with van der Waals surface area (Å²) in [5, 5.41) is 0. The molecule has 0 N–H and O–H groups in total. The second kappa shape index (κ2) is 7.46. The molecule has 0 aliphatic carbocycles. The number of halogens is 8. The van der Waals surface area contributed by atoms with Gasteiger partial charge in [-0.1, -0.05) is 12.1 Å². The predicted molar refractivity (Wildman–Crippen MR) is 69.0 cm³/mol. The number of hydrogen-bond donors (Lipinski definition) is 0. The third-order valence-corrected chi connectivity index (χ3v) is 2.77. The van der Waals surface area contributed by atoms with Crippen molar-refractivity contribution in [1.82, 2.24) is 0 Å². The predicted octanol–water partition coefficient (Wildman–Crippen LogP) is 3.96. The number of carbonyl (C=O) groups is 2. The maximum absolute atomic E-state index is 13.2. The lowest BCUT2D eigenvalue weighted by Gasteiger charge is -2.26. The van der Waals surface area contributed by atoms with Gasteiger partial charge < -0.3 is 9.47 Å². The average molecular weight is 397 g/mol. The Morgan fingerprint density at radius 1 is 0.920 bits per heavy atom. The highest BCUT2D eigenvalue weighted by Crippen LogP contribution is 2.47. The third kappa shape index (κ3) is 4.53. The van der Waals surface area contributed by atoms with Crippen molar-refractivity contribution in [3.05, 3.63) is 24.3 Å². The normalized spacial score (nSPS) is 12.6. The van der Waals surface area contributed by atoms with Crippen LogP contribution in [0.25, 0.3) is 0 Å². The van der Waals surface area contributed by atoms with Crippen LogP contribution in [0.15, 0.2) is 24.3 Å². The molecule has 0 bridgehead atoms. The molecule has 140 valence electrons. The van der Waals surface area contributed by atoms with Gasteiger partial charge >= 0.3 is 30.0 Å². The van der Waals surface area contributed by atoms with E-state index in [4.69, 9.17) is 11.6 Å². The SMILES string of the molecule is O=C(CCCl)Oc1ccccc1OC(=O)C(F)(F)C(F)(F)C(F)(F)F. The number of rotatable bonds is 6. The quantitative estimate of drug-likeness (QED) is 0.316. The van der Waals surface area contributed by atoms with Crippen LogP contribution in [0.3, 0.4) is 0 Å². The first kappa shape index (κ1) is 21.0. The number of esters is 2. The van der Waals surface area contributed by atoms with Crippen LogP contribution >= 0.6 is 11.6 Å². The minimum Gasteiger partial charge on any atom is -0.422 e. The van der Waals surface area contributed by atoms with E-state index in [9.17, 15) is 40.3 Å². The second-order valence-electron chi connectivity index (χ2n) is 4.40. The van der Waals surface area contributed by atoms with Gasteiger partial charge in [-0.3, -0.25) is 4.79 Å². The Morgan fingerprint density at radius 2 is 1.40 bits per heavy atom. The molecule has 25 heavy (non-hydrogen) atoms. The fourth-order valence-electron chi connectivity index (χ4n) is 1.34. The first-order valence-electron chi connectivity index (χ1n) is 6.25. The van der Waals surface area contributed by atoms with Crippen LogP contribution < -0.4 is 9.47 Å². The van der Waals surface area contributed by atoms with Crippen molar-refractivity contribution in [1.29, 1.82) is 0 Å². The van der Waals surface area contributed by atoms with Gasteiger partial charge in [-0.25, -0.2) is 4.79 Å². The summed E-state index contributed by atoms with van der Waals surface area (Å²) in [6.07, 6.45) is -7.02. The molecule has 0 spiro atoms. The summed E-state index contributed by atoms with van der Waals surface area (Å²) in [5.41, 5.74) is 0. The maximum atomic E-state index is 13.2. The van der Waals surface area contributed by atoms with E-state index >= 15 is 0 Å². The minimum absolute atomic E-state index is 0.170. The van der Waals surface area contributed by atoms with Crippen molar-refractivity contribution in [2.45, 2.75) is 24.4 Å². The summed E-state index contributed by atoms with van der Waals surface area (Å²) in [5.74, 6) is -18.8. The molecule has 0 aliphatic heterocycles. The van der Waals surface area contributed by atoms with E-state index in [1.807, 2.05) is 0 Å².